The second kappa shape index (κ2) is 6.97. The minimum atomic E-state index is -4.14. The van der Waals surface area contributed by atoms with Crippen molar-refractivity contribution in [3.8, 4) is 0 Å². The van der Waals surface area contributed by atoms with Crippen LogP contribution < -0.4 is 5.73 Å². The van der Waals surface area contributed by atoms with Crippen LogP contribution in [0.15, 0.2) is 24.3 Å². The molecule has 6 heteroatoms. The molecule has 0 aliphatic carbocycles. The summed E-state index contributed by atoms with van der Waals surface area (Å²) in [4.78, 5) is 0. The third kappa shape index (κ3) is 5.71. The van der Waals surface area contributed by atoms with Crippen molar-refractivity contribution in [1.82, 2.24) is 0 Å². The lowest BCUT2D eigenvalue weighted by molar-refractivity contribution is -0.138. The zero-order valence-electron chi connectivity index (χ0n) is 9.71. The first kappa shape index (κ1) is 15.3. The molecule has 1 atom stereocenters. The van der Waals surface area contributed by atoms with Gasteiger partial charge in [-0.05, 0) is 24.1 Å². The molecular weight excluding hydrogens is 267 g/mol. The first-order valence-corrected chi connectivity index (χ1v) is 5.94. The number of alkyl halides is 3. The molecule has 0 aromatic heterocycles. The second-order valence-electron chi connectivity index (χ2n) is 3.87. The molecule has 0 aliphatic heterocycles. The Labute approximate surface area is 109 Å². The van der Waals surface area contributed by atoms with Gasteiger partial charge >= 0.3 is 6.18 Å². The van der Waals surface area contributed by atoms with Gasteiger partial charge in [-0.3, -0.25) is 0 Å². The smallest absolute Gasteiger partial charge is 0.372 e. The molecule has 0 heterocycles. The van der Waals surface area contributed by atoms with E-state index in [0.29, 0.717) is 5.02 Å². The van der Waals surface area contributed by atoms with Gasteiger partial charge in [0.1, 0.15) is 0 Å². The Morgan fingerprint density at radius 2 is 1.83 bits per heavy atom. The van der Waals surface area contributed by atoms with Crippen LogP contribution in [-0.2, 0) is 4.74 Å². The Morgan fingerprint density at radius 1 is 1.22 bits per heavy atom. The van der Waals surface area contributed by atoms with Crippen molar-refractivity contribution in [2.75, 3.05) is 13.2 Å². The fourth-order valence-electron chi connectivity index (χ4n) is 1.48. The molecule has 1 rings (SSSR count). The maximum absolute atomic E-state index is 11.9. The van der Waals surface area contributed by atoms with Crippen LogP contribution in [-0.4, -0.2) is 19.3 Å². The first-order chi connectivity index (χ1) is 8.42. The summed E-state index contributed by atoms with van der Waals surface area (Å²) in [5, 5.41) is 0.589. The molecule has 2 N–H and O–H groups in total. The molecule has 0 spiro atoms. The molecule has 102 valence electrons. The Morgan fingerprint density at radius 3 is 2.33 bits per heavy atom. The van der Waals surface area contributed by atoms with E-state index in [2.05, 4.69) is 0 Å². The van der Waals surface area contributed by atoms with Crippen LogP contribution in [0, 0.1) is 0 Å². The van der Waals surface area contributed by atoms with Crippen molar-refractivity contribution in [3.05, 3.63) is 34.9 Å². The third-order valence-corrected chi connectivity index (χ3v) is 2.63. The van der Waals surface area contributed by atoms with E-state index in [1.54, 1.807) is 24.3 Å². The number of ether oxygens (including phenoxy) is 1. The maximum Gasteiger partial charge on any atom is 0.389 e. The van der Waals surface area contributed by atoms with Gasteiger partial charge in [-0.15, -0.1) is 0 Å². The summed E-state index contributed by atoms with van der Waals surface area (Å²) in [6.45, 7) is 0.248. The molecule has 0 bridgehead atoms. The summed E-state index contributed by atoms with van der Waals surface area (Å²) in [7, 11) is 0. The normalized spacial score (nSPS) is 13.6. The van der Waals surface area contributed by atoms with E-state index < -0.39 is 18.7 Å². The number of benzene rings is 1. The Kier molecular flexibility index (Phi) is 5.91. The van der Waals surface area contributed by atoms with E-state index >= 15 is 0 Å². The van der Waals surface area contributed by atoms with Crippen molar-refractivity contribution < 1.29 is 17.9 Å². The van der Waals surface area contributed by atoms with Crippen LogP contribution in [0.25, 0.3) is 0 Å². The van der Waals surface area contributed by atoms with Gasteiger partial charge in [0.05, 0.1) is 6.10 Å². The predicted molar refractivity (Wildman–Crippen MR) is 64.5 cm³/mol. The fraction of sp³-hybridized carbons (Fsp3) is 0.500. The highest BCUT2D eigenvalue weighted by Gasteiger charge is 2.26. The zero-order valence-corrected chi connectivity index (χ0v) is 10.5. The van der Waals surface area contributed by atoms with E-state index in [4.69, 9.17) is 22.1 Å². The van der Waals surface area contributed by atoms with Crippen molar-refractivity contribution in [2.24, 2.45) is 5.73 Å². The van der Waals surface area contributed by atoms with Crippen molar-refractivity contribution >= 4 is 11.6 Å². The fourth-order valence-corrected chi connectivity index (χ4v) is 1.60. The Bertz CT molecular complexity index is 353. The minimum absolute atomic E-state index is 0.0317. The van der Waals surface area contributed by atoms with E-state index in [9.17, 15) is 13.2 Å². The summed E-state index contributed by atoms with van der Waals surface area (Å²) in [6.07, 6.45) is -5.43. The Hall–Kier alpha value is -0.780. The van der Waals surface area contributed by atoms with Gasteiger partial charge < -0.3 is 10.5 Å². The van der Waals surface area contributed by atoms with Crippen molar-refractivity contribution in [2.45, 2.75) is 25.1 Å². The molecule has 0 amide bonds. The monoisotopic (exact) mass is 281 g/mol. The molecule has 18 heavy (non-hydrogen) atoms. The minimum Gasteiger partial charge on any atom is -0.372 e. The van der Waals surface area contributed by atoms with E-state index in [1.165, 1.54) is 0 Å². The average molecular weight is 282 g/mol. The molecule has 0 fully saturated rings. The van der Waals surface area contributed by atoms with Gasteiger partial charge in [-0.2, -0.15) is 13.2 Å². The van der Waals surface area contributed by atoms with E-state index in [0.717, 1.165) is 5.56 Å². The lowest BCUT2D eigenvalue weighted by Gasteiger charge is -2.16. The van der Waals surface area contributed by atoms with Crippen LogP contribution in [0.2, 0.25) is 5.02 Å². The molecule has 0 saturated carbocycles. The maximum atomic E-state index is 11.9. The molecule has 1 unspecified atom stereocenters. The molecule has 0 saturated heterocycles. The van der Waals surface area contributed by atoms with Gasteiger partial charge in [0, 0.05) is 24.6 Å². The second-order valence-corrected chi connectivity index (χ2v) is 4.30. The topological polar surface area (TPSA) is 35.2 Å². The number of hydrogen-bond donors (Lipinski definition) is 1. The summed E-state index contributed by atoms with van der Waals surface area (Å²) in [6, 6.07) is 6.89. The number of halogens is 4. The largest absolute Gasteiger partial charge is 0.389 e. The molecule has 0 aliphatic rings. The molecule has 1 aromatic rings. The number of hydrogen-bond acceptors (Lipinski definition) is 2. The van der Waals surface area contributed by atoms with Crippen molar-refractivity contribution in [1.29, 1.82) is 0 Å². The number of rotatable bonds is 6. The molecule has 2 nitrogen and oxygen atoms in total. The van der Waals surface area contributed by atoms with Crippen LogP contribution in [0.4, 0.5) is 13.2 Å². The molecule has 0 radical (unpaired) electrons. The number of nitrogens with two attached hydrogens (primary N) is 1. The summed E-state index contributed by atoms with van der Waals surface area (Å²) < 4.78 is 41.1. The lowest BCUT2D eigenvalue weighted by Crippen LogP contribution is -2.17. The highest BCUT2D eigenvalue weighted by Crippen LogP contribution is 2.23. The summed E-state index contributed by atoms with van der Waals surface area (Å²) >= 11 is 5.74. The van der Waals surface area contributed by atoms with Gasteiger partial charge in [0.15, 0.2) is 0 Å². The molecular formula is C12H15ClF3NO. The standard InChI is InChI=1S/C12H15ClF3NO/c13-10-4-2-9(3-5-10)11(8-17)18-7-1-6-12(14,15)16/h2-5,11H,1,6-8,17H2. The summed E-state index contributed by atoms with van der Waals surface area (Å²) in [5.74, 6) is 0. The quantitative estimate of drug-likeness (QED) is 0.807. The van der Waals surface area contributed by atoms with Gasteiger partial charge in [-0.1, -0.05) is 23.7 Å². The van der Waals surface area contributed by atoms with Crippen LogP contribution in [0.1, 0.15) is 24.5 Å². The highest BCUT2D eigenvalue weighted by molar-refractivity contribution is 6.30. The van der Waals surface area contributed by atoms with E-state index in [1.807, 2.05) is 0 Å². The lowest BCUT2D eigenvalue weighted by atomic mass is 10.1. The van der Waals surface area contributed by atoms with Gasteiger partial charge in [0.25, 0.3) is 0 Å². The summed E-state index contributed by atoms with van der Waals surface area (Å²) in [5.41, 5.74) is 6.34. The first-order valence-electron chi connectivity index (χ1n) is 5.56. The third-order valence-electron chi connectivity index (χ3n) is 2.38. The highest BCUT2D eigenvalue weighted by atomic mass is 35.5. The van der Waals surface area contributed by atoms with Crippen molar-refractivity contribution in [3.63, 3.8) is 0 Å². The Balaban J connectivity index is 2.40. The van der Waals surface area contributed by atoms with Crippen LogP contribution >= 0.6 is 11.6 Å². The zero-order chi connectivity index (χ0) is 13.6. The SMILES string of the molecule is NCC(OCCCC(F)(F)F)c1ccc(Cl)cc1. The molecule has 1 aromatic carbocycles. The van der Waals surface area contributed by atoms with Gasteiger partial charge in [0.2, 0.25) is 0 Å². The average Bonchev–Trinajstić information content (AvgIpc) is 2.29. The van der Waals surface area contributed by atoms with Crippen LogP contribution in [0.5, 0.6) is 0 Å². The predicted octanol–water partition coefficient (Wildman–Crippen LogP) is 3.70. The van der Waals surface area contributed by atoms with E-state index in [-0.39, 0.29) is 19.6 Å². The van der Waals surface area contributed by atoms with Gasteiger partial charge in [-0.25, -0.2) is 0 Å². The van der Waals surface area contributed by atoms with Crippen LogP contribution in [0.3, 0.4) is 0 Å².